The highest BCUT2D eigenvalue weighted by Gasteiger charge is 2.09. The standard InChI is InChI=1S/C12H11FN2O/c1-2-16-11-8-9(13)4-5-10(11)12-14-6-3-7-15-12/h3-8H,2H2,1H3. The Labute approximate surface area is 92.9 Å². The lowest BCUT2D eigenvalue weighted by atomic mass is 10.2. The molecule has 0 atom stereocenters. The maximum atomic E-state index is 13.1. The summed E-state index contributed by atoms with van der Waals surface area (Å²) in [7, 11) is 0. The maximum Gasteiger partial charge on any atom is 0.162 e. The van der Waals surface area contributed by atoms with E-state index in [-0.39, 0.29) is 5.82 Å². The second-order valence-electron chi connectivity index (χ2n) is 3.15. The summed E-state index contributed by atoms with van der Waals surface area (Å²) < 4.78 is 18.4. The van der Waals surface area contributed by atoms with Crippen molar-refractivity contribution in [2.24, 2.45) is 0 Å². The summed E-state index contributed by atoms with van der Waals surface area (Å²) in [5.74, 6) is 0.669. The average Bonchev–Trinajstić information content (AvgIpc) is 2.31. The van der Waals surface area contributed by atoms with Crippen LogP contribution in [0.25, 0.3) is 11.4 Å². The molecule has 0 unspecified atom stereocenters. The first-order chi connectivity index (χ1) is 7.81. The Bertz CT molecular complexity index is 474. The lowest BCUT2D eigenvalue weighted by Crippen LogP contribution is -1.97. The second-order valence-corrected chi connectivity index (χ2v) is 3.15. The third kappa shape index (κ3) is 2.16. The Kier molecular flexibility index (Phi) is 3.10. The molecule has 0 N–H and O–H groups in total. The summed E-state index contributed by atoms with van der Waals surface area (Å²) in [6.07, 6.45) is 3.28. The van der Waals surface area contributed by atoms with E-state index in [0.29, 0.717) is 23.7 Å². The number of rotatable bonds is 3. The van der Waals surface area contributed by atoms with Crippen molar-refractivity contribution in [1.29, 1.82) is 0 Å². The molecular weight excluding hydrogens is 207 g/mol. The van der Waals surface area contributed by atoms with Gasteiger partial charge in [-0.25, -0.2) is 14.4 Å². The lowest BCUT2D eigenvalue weighted by molar-refractivity contribution is 0.339. The minimum absolute atomic E-state index is 0.330. The summed E-state index contributed by atoms with van der Waals surface area (Å²) in [6.45, 7) is 2.32. The van der Waals surface area contributed by atoms with Crippen molar-refractivity contribution in [3.8, 4) is 17.1 Å². The smallest absolute Gasteiger partial charge is 0.162 e. The third-order valence-electron chi connectivity index (χ3n) is 2.05. The predicted octanol–water partition coefficient (Wildman–Crippen LogP) is 2.68. The van der Waals surface area contributed by atoms with Gasteiger partial charge in [0.2, 0.25) is 0 Å². The van der Waals surface area contributed by atoms with Crippen molar-refractivity contribution in [2.45, 2.75) is 6.92 Å². The van der Waals surface area contributed by atoms with Gasteiger partial charge in [0.05, 0.1) is 12.2 Å². The van der Waals surface area contributed by atoms with Gasteiger partial charge in [0.1, 0.15) is 11.6 Å². The first-order valence-electron chi connectivity index (χ1n) is 5.01. The van der Waals surface area contributed by atoms with Gasteiger partial charge in [-0.05, 0) is 25.1 Å². The minimum atomic E-state index is -0.330. The summed E-state index contributed by atoms with van der Waals surface area (Å²) in [6, 6.07) is 6.06. The first kappa shape index (κ1) is 10.5. The van der Waals surface area contributed by atoms with E-state index in [1.807, 2.05) is 6.92 Å². The van der Waals surface area contributed by atoms with Gasteiger partial charge >= 0.3 is 0 Å². The topological polar surface area (TPSA) is 35.0 Å². The highest BCUT2D eigenvalue weighted by atomic mass is 19.1. The van der Waals surface area contributed by atoms with Crippen molar-refractivity contribution in [3.05, 3.63) is 42.5 Å². The fourth-order valence-electron chi connectivity index (χ4n) is 1.39. The Morgan fingerprint density at radius 3 is 2.69 bits per heavy atom. The summed E-state index contributed by atoms with van der Waals surface area (Å²) in [5, 5.41) is 0. The van der Waals surface area contributed by atoms with Gasteiger partial charge in [0, 0.05) is 18.5 Å². The molecule has 0 saturated heterocycles. The number of hydrogen-bond donors (Lipinski definition) is 0. The molecule has 0 radical (unpaired) electrons. The first-order valence-corrected chi connectivity index (χ1v) is 5.01. The number of aromatic nitrogens is 2. The van der Waals surface area contributed by atoms with E-state index in [2.05, 4.69) is 9.97 Å². The number of nitrogens with zero attached hydrogens (tertiary/aromatic N) is 2. The molecule has 0 fully saturated rings. The van der Waals surface area contributed by atoms with Gasteiger partial charge in [-0.15, -0.1) is 0 Å². The van der Waals surface area contributed by atoms with Gasteiger partial charge < -0.3 is 4.74 Å². The molecule has 0 aliphatic rings. The molecule has 0 bridgehead atoms. The molecule has 82 valence electrons. The van der Waals surface area contributed by atoms with E-state index < -0.39 is 0 Å². The Morgan fingerprint density at radius 2 is 2.00 bits per heavy atom. The molecule has 1 heterocycles. The van der Waals surface area contributed by atoms with Crippen LogP contribution in [-0.2, 0) is 0 Å². The molecule has 1 aromatic carbocycles. The Hall–Kier alpha value is -1.97. The second kappa shape index (κ2) is 4.70. The molecule has 16 heavy (non-hydrogen) atoms. The SMILES string of the molecule is CCOc1cc(F)ccc1-c1ncccn1. The van der Waals surface area contributed by atoms with Crippen LogP contribution in [-0.4, -0.2) is 16.6 Å². The van der Waals surface area contributed by atoms with Crippen LogP contribution in [0.5, 0.6) is 5.75 Å². The quantitative estimate of drug-likeness (QED) is 0.794. The molecule has 1 aromatic heterocycles. The maximum absolute atomic E-state index is 13.1. The van der Waals surface area contributed by atoms with Gasteiger partial charge in [-0.2, -0.15) is 0 Å². The number of halogens is 1. The van der Waals surface area contributed by atoms with E-state index in [1.165, 1.54) is 12.1 Å². The average molecular weight is 218 g/mol. The molecule has 0 aliphatic heterocycles. The monoisotopic (exact) mass is 218 g/mol. The molecule has 3 nitrogen and oxygen atoms in total. The minimum Gasteiger partial charge on any atom is -0.493 e. The van der Waals surface area contributed by atoms with Crippen LogP contribution < -0.4 is 4.74 Å². The van der Waals surface area contributed by atoms with Crippen LogP contribution in [0.2, 0.25) is 0 Å². The molecule has 2 aromatic rings. The third-order valence-corrected chi connectivity index (χ3v) is 2.05. The number of hydrogen-bond acceptors (Lipinski definition) is 3. The van der Waals surface area contributed by atoms with E-state index in [0.717, 1.165) is 0 Å². The van der Waals surface area contributed by atoms with Gasteiger partial charge in [-0.1, -0.05) is 0 Å². The van der Waals surface area contributed by atoms with Gasteiger partial charge in [0.15, 0.2) is 5.82 Å². The van der Waals surface area contributed by atoms with E-state index in [9.17, 15) is 4.39 Å². The molecular formula is C12H11FN2O. The fourth-order valence-corrected chi connectivity index (χ4v) is 1.39. The van der Waals surface area contributed by atoms with Gasteiger partial charge in [0.25, 0.3) is 0 Å². The largest absolute Gasteiger partial charge is 0.493 e. The van der Waals surface area contributed by atoms with Crippen LogP contribution >= 0.6 is 0 Å². The number of benzene rings is 1. The zero-order valence-corrected chi connectivity index (χ0v) is 8.85. The van der Waals surface area contributed by atoms with Crippen molar-refractivity contribution in [3.63, 3.8) is 0 Å². The normalized spacial score (nSPS) is 10.1. The Balaban J connectivity index is 2.48. The van der Waals surface area contributed by atoms with Crippen LogP contribution in [0, 0.1) is 5.82 Å². The van der Waals surface area contributed by atoms with Crippen LogP contribution in [0.15, 0.2) is 36.7 Å². The summed E-state index contributed by atoms with van der Waals surface area (Å²) in [4.78, 5) is 8.22. The molecule has 0 amide bonds. The van der Waals surface area contributed by atoms with Gasteiger partial charge in [-0.3, -0.25) is 0 Å². The zero-order chi connectivity index (χ0) is 11.4. The molecule has 4 heteroatoms. The Morgan fingerprint density at radius 1 is 1.25 bits per heavy atom. The predicted molar refractivity (Wildman–Crippen MR) is 58.6 cm³/mol. The van der Waals surface area contributed by atoms with Crippen LogP contribution in [0.3, 0.4) is 0 Å². The molecule has 0 spiro atoms. The fraction of sp³-hybridized carbons (Fsp3) is 0.167. The molecule has 0 saturated carbocycles. The van der Waals surface area contributed by atoms with Crippen LogP contribution in [0.1, 0.15) is 6.92 Å². The zero-order valence-electron chi connectivity index (χ0n) is 8.85. The lowest BCUT2D eigenvalue weighted by Gasteiger charge is -2.08. The van der Waals surface area contributed by atoms with Crippen molar-refractivity contribution < 1.29 is 9.13 Å². The van der Waals surface area contributed by atoms with E-state index in [4.69, 9.17) is 4.74 Å². The molecule has 0 aliphatic carbocycles. The summed E-state index contributed by atoms with van der Waals surface area (Å²) in [5.41, 5.74) is 0.698. The molecule has 2 rings (SSSR count). The van der Waals surface area contributed by atoms with Crippen molar-refractivity contribution in [2.75, 3.05) is 6.61 Å². The van der Waals surface area contributed by atoms with Crippen LogP contribution in [0.4, 0.5) is 4.39 Å². The summed E-state index contributed by atoms with van der Waals surface area (Å²) >= 11 is 0. The number of ether oxygens (including phenoxy) is 1. The highest BCUT2D eigenvalue weighted by Crippen LogP contribution is 2.27. The van der Waals surface area contributed by atoms with Crippen molar-refractivity contribution >= 4 is 0 Å². The van der Waals surface area contributed by atoms with Crippen molar-refractivity contribution in [1.82, 2.24) is 9.97 Å². The van der Waals surface area contributed by atoms with E-state index >= 15 is 0 Å². The highest BCUT2D eigenvalue weighted by molar-refractivity contribution is 5.63. The van der Waals surface area contributed by atoms with E-state index in [1.54, 1.807) is 24.5 Å².